The second-order valence-electron chi connectivity index (χ2n) is 4.11. The molecule has 1 aromatic rings. The molecule has 1 aromatic carbocycles. The molecule has 1 rings (SSSR count). The van der Waals surface area contributed by atoms with Gasteiger partial charge < -0.3 is 4.74 Å². The van der Waals surface area contributed by atoms with Gasteiger partial charge in [-0.3, -0.25) is 0 Å². The maximum Gasteiger partial charge on any atom is 0.338 e. The number of benzene rings is 1. The van der Waals surface area contributed by atoms with Crippen LogP contribution in [0.5, 0.6) is 0 Å². The largest absolute Gasteiger partial charge is 0.462 e. The zero-order valence-electron chi connectivity index (χ0n) is 10.8. The van der Waals surface area contributed by atoms with Crippen LogP contribution in [0.15, 0.2) is 17.0 Å². The molecule has 0 aromatic heterocycles. The number of nitrogens with two attached hydrogens (primary N) is 1. The van der Waals surface area contributed by atoms with E-state index in [0.29, 0.717) is 0 Å². The van der Waals surface area contributed by atoms with Gasteiger partial charge >= 0.3 is 5.97 Å². The first-order chi connectivity index (χ1) is 8.77. The van der Waals surface area contributed by atoms with Crippen LogP contribution in [-0.4, -0.2) is 21.0 Å². The van der Waals surface area contributed by atoms with Crippen LogP contribution in [-0.2, 0) is 14.8 Å². The molecule has 0 atom stereocenters. The number of unbranched alkanes of at least 4 members (excludes halogenated alkanes) is 1. The summed E-state index contributed by atoms with van der Waals surface area (Å²) in [5, 5.41) is 5.20. The molecule has 7 heteroatoms. The summed E-state index contributed by atoms with van der Waals surface area (Å²) in [5.74, 6) is -0.599. The highest BCUT2D eigenvalue weighted by Crippen LogP contribution is 2.24. The van der Waals surface area contributed by atoms with E-state index in [2.05, 4.69) is 0 Å². The lowest BCUT2D eigenvalue weighted by atomic mass is 10.1. The fourth-order valence-corrected chi connectivity index (χ4v) is 2.66. The van der Waals surface area contributed by atoms with E-state index in [1.54, 1.807) is 0 Å². The van der Waals surface area contributed by atoms with Gasteiger partial charge in [0.2, 0.25) is 10.0 Å². The van der Waals surface area contributed by atoms with Crippen LogP contribution in [0, 0.1) is 6.92 Å². The molecule has 19 heavy (non-hydrogen) atoms. The summed E-state index contributed by atoms with van der Waals surface area (Å²) in [4.78, 5) is 11.7. The van der Waals surface area contributed by atoms with E-state index in [1.165, 1.54) is 19.1 Å². The Morgan fingerprint density at radius 2 is 2.05 bits per heavy atom. The topological polar surface area (TPSA) is 86.5 Å². The molecule has 0 spiro atoms. The average molecular weight is 306 g/mol. The zero-order chi connectivity index (χ0) is 14.6. The monoisotopic (exact) mass is 305 g/mol. The minimum Gasteiger partial charge on any atom is -0.462 e. The molecular formula is C12H16ClNO4S. The smallest absolute Gasteiger partial charge is 0.338 e. The average Bonchev–Trinajstić information content (AvgIpc) is 2.30. The number of carbonyl (C=O) groups is 1. The van der Waals surface area contributed by atoms with Crippen molar-refractivity contribution < 1.29 is 17.9 Å². The fourth-order valence-electron chi connectivity index (χ4n) is 1.55. The first-order valence-electron chi connectivity index (χ1n) is 5.77. The van der Waals surface area contributed by atoms with Gasteiger partial charge in [0.25, 0.3) is 0 Å². The molecule has 0 fully saturated rings. The summed E-state index contributed by atoms with van der Waals surface area (Å²) in [6.45, 7) is 3.75. The van der Waals surface area contributed by atoms with Gasteiger partial charge in [0.15, 0.2) is 0 Å². The lowest BCUT2D eigenvalue weighted by Crippen LogP contribution is -2.16. The SMILES string of the molecule is CCCCOC(=O)c1cc(Cl)cc(S(N)(=O)=O)c1C. The van der Waals surface area contributed by atoms with E-state index >= 15 is 0 Å². The lowest BCUT2D eigenvalue weighted by molar-refractivity contribution is 0.0498. The molecule has 2 N–H and O–H groups in total. The Hall–Kier alpha value is -1.11. The van der Waals surface area contributed by atoms with Crippen molar-refractivity contribution in [3.63, 3.8) is 0 Å². The molecule has 0 amide bonds. The van der Waals surface area contributed by atoms with Crippen molar-refractivity contribution >= 4 is 27.6 Å². The summed E-state index contributed by atoms with van der Waals surface area (Å²) < 4.78 is 27.9. The molecule has 0 radical (unpaired) electrons. The van der Waals surface area contributed by atoms with Gasteiger partial charge in [-0.1, -0.05) is 24.9 Å². The third kappa shape index (κ3) is 4.19. The number of sulfonamides is 1. The number of ether oxygens (including phenoxy) is 1. The van der Waals surface area contributed by atoms with Crippen molar-refractivity contribution in [1.82, 2.24) is 0 Å². The van der Waals surface area contributed by atoms with E-state index in [9.17, 15) is 13.2 Å². The van der Waals surface area contributed by atoms with Crippen molar-refractivity contribution in [3.8, 4) is 0 Å². The quantitative estimate of drug-likeness (QED) is 0.667. The Morgan fingerprint density at radius 3 is 2.58 bits per heavy atom. The van der Waals surface area contributed by atoms with Gasteiger partial charge in [0.1, 0.15) is 0 Å². The number of carbonyl (C=O) groups excluding carboxylic acids is 1. The second-order valence-corrected chi connectivity index (χ2v) is 6.08. The van der Waals surface area contributed by atoms with Crippen molar-refractivity contribution in [2.24, 2.45) is 5.14 Å². The van der Waals surface area contributed by atoms with E-state index in [4.69, 9.17) is 21.5 Å². The van der Waals surface area contributed by atoms with E-state index in [1.807, 2.05) is 6.92 Å². The maximum absolute atomic E-state index is 11.9. The number of hydrogen-bond acceptors (Lipinski definition) is 4. The zero-order valence-corrected chi connectivity index (χ0v) is 12.3. The molecule has 0 bridgehead atoms. The van der Waals surface area contributed by atoms with Crippen molar-refractivity contribution in [3.05, 3.63) is 28.3 Å². The van der Waals surface area contributed by atoms with E-state index < -0.39 is 16.0 Å². The van der Waals surface area contributed by atoms with Gasteiger partial charge in [-0.25, -0.2) is 18.4 Å². The third-order valence-electron chi connectivity index (χ3n) is 2.58. The maximum atomic E-state index is 11.9. The second kappa shape index (κ2) is 6.36. The Bertz CT molecular complexity index is 584. The number of halogens is 1. The molecule has 0 saturated carbocycles. The Labute approximate surface area is 117 Å². The van der Waals surface area contributed by atoms with Crippen LogP contribution in [0.4, 0.5) is 0 Å². The first kappa shape index (κ1) is 15.9. The Morgan fingerprint density at radius 1 is 1.42 bits per heavy atom. The fraction of sp³-hybridized carbons (Fsp3) is 0.417. The van der Waals surface area contributed by atoms with Gasteiger partial charge in [0.05, 0.1) is 17.1 Å². The molecule has 0 aliphatic rings. The van der Waals surface area contributed by atoms with Crippen LogP contribution >= 0.6 is 11.6 Å². The predicted octanol–water partition coefficient (Wildman–Crippen LogP) is 2.25. The van der Waals surface area contributed by atoms with Gasteiger partial charge in [-0.2, -0.15) is 0 Å². The lowest BCUT2D eigenvalue weighted by Gasteiger charge is -2.10. The highest BCUT2D eigenvalue weighted by molar-refractivity contribution is 7.89. The summed E-state index contributed by atoms with van der Waals surface area (Å²) in [6.07, 6.45) is 1.64. The van der Waals surface area contributed by atoms with Gasteiger partial charge in [-0.15, -0.1) is 0 Å². The highest BCUT2D eigenvalue weighted by Gasteiger charge is 2.20. The minimum atomic E-state index is -3.93. The van der Waals surface area contributed by atoms with Crippen LogP contribution < -0.4 is 5.14 Å². The Balaban J connectivity index is 3.15. The molecule has 106 valence electrons. The summed E-state index contributed by atoms with van der Waals surface area (Å²) in [6, 6.07) is 2.59. The molecular weight excluding hydrogens is 290 g/mol. The summed E-state index contributed by atoms with van der Waals surface area (Å²) in [5.41, 5.74) is 0.362. The number of hydrogen-bond donors (Lipinski definition) is 1. The van der Waals surface area contributed by atoms with Crippen LogP contribution in [0.1, 0.15) is 35.7 Å². The molecule has 0 heterocycles. The minimum absolute atomic E-state index is 0.118. The van der Waals surface area contributed by atoms with Gasteiger partial charge in [0, 0.05) is 5.02 Å². The normalized spacial score (nSPS) is 11.4. The molecule has 0 aliphatic carbocycles. The summed E-state index contributed by atoms with van der Waals surface area (Å²) in [7, 11) is -3.93. The van der Waals surface area contributed by atoms with Crippen molar-refractivity contribution in [2.45, 2.75) is 31.6 Å². The molecule has 0 aliphatic heterocycles. The van der Waals surface area contributed by atoms with Crippen molar-refractivity contribution in [2.75, 3.05) is 6.61 Å². The van der Waals surface area contributed by atoms with Crippen LogP contribution in [0.3, 0.4) is 0 Å². The molecule has 5 nitrogen and oxygen atoms in total. The standard InChI is InChI=1S/C12H16ClNO4S/c1-3-4-5-18-12(15)10-6-9(13)7-11(8(10)2)19(14,16)17/h6-7H,3-5H2,1-2H3,(H2,14,16,17). The highest BCUT2D eigenvalue weighted by atomic mass is 35.5. The van der Waals surface area contributed by atoms with Crippen molar-refractivity contribution in [1.29, 1.82) is 0 Å². The third-order valence-corrected chi connectivity index (χ3v) is 3.84. The van der Waals surface area contributed by atoms with Crippen LogP contribution in [0.25, 0.3) is 0 Å². The molecule has 0 saturated heterocycles. The van der Waals surface area contributed by atoms with Crippen LogP contribution in [0.2, 0.25) is 5.02 Å². The first-order valence-corrected chi connectivity index (χ1v) is 7.70. The summed E-state index contributed by atoms with van der Waals surface area (Å²) >= 11 is 5.81. The molecule has 0 unspecified atom stereocenters. The number of rotatable bonds is 5. The predicted molar refractivity (Wildman–Crippen MR) is 72.8 cm³/mol. The van der Waals surface area contributed by atoms with Gasteiger partial charge in [-0.05, 0) is 31.0 Å². The Kier molecular flexibility index (Phi) is 5.34. The van der Waals surface area contributed by atoms with E-state index in [-0.39, 0.29) is 27.7 Å². The number of esters is 1. The number of primary sulfonamides is 1. The van der Waals surface area contributed by atoms with E-state index in [0.717, 1.165) is 12.8 Å².